The van der Waals surface area contributed by atoms with Crippen molar-refractivity contribution in [2.45, 2.75) is 50.3 Å². The largest absolute Gasteiger partial charge is 0.386 e. The van der Waals surface area contributed by atoms with E-state index in [1.807, 2.05) is 0 Å². The molecule has 2 N–H and O–H groups in total. The van der Waals surface area contributed by atoms with E-state index in [0.717, 1.165) is 6.07 Å². The number of nitrogens with zero attached hydrogens (tertiary/aromatic N) is 1. The molecule has 1 aliphatic heterocycles. The molecule has 1 aliphatic rings. The van der Waals surface area contributed by atoms with E-state index < -0.39 is 43.8 Å². The molecule has 1 aromatic carbocycles. The van der Waals surface area contributed by atoms with E-state index in [-0.39, 0.29) is 22.7 Å². The van der Waals surface area contributed by atoms with Crippen molar-refractivity contribution >= 4 is 27.0 Å². The zero-order chi connectivity index (χ0) is 20.1. The Morgan fingerprint density at radius 1 is 1.38 bits per heavy atom. The van der Waals surface area contributed by atoms with Gasteiger partial charge in [0.25, 0.3) is 0 Å². The fourth-order valence-electron chi connectivity index (χ4n) is 2.83. The van der Waals surface area contributed by atoms with Crippen molar-refractivity contribution in [1.29, 1.82) is 0 Å². The van der Waals surface area contributed by atoms with E-state index >= 15 is 0 Å². The molecule has 0 aromatic heterocycles. The van der Waals surface area contributed by atoms with Crippen molar-refractivity contribution in [2.75, 3.05) is 5.75 Å². The molecular weight excluding hydrogens is 365 g/mol. The summed E-state index contributed by atoms with van der Waals surface area (Å²) in [6, 6.07) is 3.67. The van der Waals surface area contributed by atoms with Gasteiger partial charge in [0.2, 0.25) is 5.78 Å². The Hall–Kier alpha value is -1.83. The Labute approximate surface area is 151 Å². The lowest BCUT2D eigenvalue weighted by Crippen LogP contribution is -2.54. The van der Waals surface area contributed by atoms with Gasteiger partial charge in [0.15, 0.2) is 0 Å². The Bertz CT molecular complexity index is 886. The number of hydrogen-bond acceptors (Lipinski definition) is 4. The highest BCUT2D eigenvalue weighted by molar-refractivity contribution is 8.02. The first-order chi connectivity index (χ1) is 11.6. The smallest absolute Gasteiger partial charge is 0.302 e. The molecule has 1 aromatic rings. The van der Waals surface area contributed by atoms with E-state index in [9.17, 15) is 22.2 Å². The van der Waals surface area contributed by atoms with Gasteiger partial charge < -0.3 is 5.73 Å². The lowest BCUT2D eigenvalue weighted by atomic mass is 9.90. The second-order valence-corrected chi connectivity index (χ2v) is 10.5. The topological polar surface area (TPSA) is 72.5 Å². The molecule has 2 rings (SSSR count). The summed E-state index contributed by atoms with van der Waals surface area (Å²) in [6.45, 7) is 5.41. The number of nitrogens with two attached hydrogens (primary N) is 1. The minimum absolute atomic E-state index is 0.0496. The van der Waals surface area contributed by atoms with Crippen LogP contribution >= 0.6 is 0 Å². The number of carbonyl (C=O) groups is 1. The van der Waals surface area contributed by atoms with Gasteiger partial charge in [-0.05, 0) is 53.9 Å². The molecule has 0 aliphatic carbocycles. The highest BCUT2D eigenvalue weighted by Gasteiger charge is 2.45. The molecule has 0 radical (unpaired) electrons. The van der Waals surface area contributed by atoms with Gasteiger partial charge in [-0.2, -0.15) is 8.78 Å². The molecule has 1 heterocycles. The van der Waals surface area contributed by atoms with Gasteiger partial charge in [-0.3, -0.25) is 14.0 Å². The van der Waals surface area contributed by atoms with Crippen molar-refractivity contribution in [3.8, 4) is 0 Å². The average molecular weight is 388 g/mol. The van der Waals surface area contributed by atoms with E-state index in [4.69, 9.17) is 5.73 Å². The Morgan fingerprint density at radius 3 is 2.46 bits per heavy atom. The first kappa shape index (κ1) is 20.5. The number of carbonyl (C=O) groups excluding carboxylic acids is 1. The molecule has 1 unspecified atom stereocenters. The van der Waals surface area contributed by atoms with Crippen LogP contribution in [0.5, 0.6) is 0 Å². The van der Waals surface area contributed by atoms with Gasteiger partial charge in [-0.1, -0.05) is 6.07 Å². The van der Waals surface area contributed by atoms with Crippen LogP contribution in [0.3, 0.4) is 0 Å². The van der Waals surface area contributed by atoms with Crippen molar-refractivity contribution in [1.82, 2.24) is 0 Å². The fourth-order valence-corrected chi connectivity index (χ4v) is 4.75. The first-order valence-corrected chi connectivity index (χ1v) is 9.90. The van der Waals surface area contributed by atoms with Crippen LogP contribution < -0.4 is 5.73 Å². The molecule has 4 nitrogen and oxygen atoms in total. The predicted octanol–water partition coefficient (Wildman–Crippen LogP) is 2.67. The molecular formula is C18H23F3N2O2S. The quantitative estimate of drug-likeness (QED) is 0.806. The Balaban J connectivity index is 2.53. The van der Waals surface area contributed by atoms with E-state index in [1.165, 1.54) is 12.1 Å². The number of halogens is 3. The molecule has 0 saturated carbocycles. The van der Waals surface area contributed by atoms with Crippen molar-refractivity contribution < 1.29 is 22.2 Å². The maximum atomic E-state index is 14.5. The third-order valence-electron chi connectivity index (χ3n) is 4.89. The highest BCUT2D eigenvalue weighted by atomic mass is 32.2. The van der Waals surface area contributed by atoms with Gasteiger partial charge in [-0.25, -0.2) is 4.39 Å². The third kappa shape index (κ3) is 3.51. The van der Waals surface area contributed by atoms with Crippen LogP contribution in [0.15, 0.2) is 23.2 Å². The van der Waals surface area contributed by atoms with Crippen LogP contribution in [-0.2, 0) is 26.3 Å². The fraction of sp³-hybridized carbons (Fsp3) is 0.500. The van der Waals surface area contributed by atoms with Crippen molar-refractivity contribution in [2.24, 2.45) is 10.7 Å². The molecule has 2 atom stereocenters. The highest BCUT2D eigenvalue weighted by Crippen LogP contribution is 2.38. The van der Waals surface area contributed by atoms with Gasteiger partial charge >= 0.3 is 5.92 Å². The molecule has 8 heteroatoms. The SMILES string of the molecule is C=S1(=O)C[C@@](C)(c2cc(CC(=O)C(C)(F)F)ccc2F)N=C(N)C1(C)C. The van der Waals surface area contributed by atoms with Gasteiger partial charge in [0, 0.05) is 24.7 Å². The summed E-state index contributed by atoms with van der Waals surface area (Å²) < 4.78 is 52.8. The average Bonchev–Trinajstić information content (AvgIpc) is 2.45. The standard InChI is InChI=1S/C18H23F3N2O2S/c1-16(2)15(22)23-17(3,10-26(16,5)25)12-8-11(6-7-13(12)19)9-14(24)18(4,20)21/h6-8H,5,9-10H2,1-4H3,(H2,22,23)/t17-,26?/m0/s1. The van der Waals surface area contributed by atoms with Crippen LogP contribution in [0.4, 0.5) is 13.2 Å². The number of ketones is 1. The van der Waals surface area contributed by atoms with Gasteiger partial charge in [0.1, 0.15) is 11.7 Å². The first-order valence-electron chi connectivity index (χ1n) is 8.00. The lowest BCUT2D eigenvalue weighted by molar-refractivity contribution is -0.139. The Kier molecular flexibility index (Phi) is 4.81. The number of hydrogen-bond donors (Lipinski definition) is 1. The maximum absolute atomic E-state index is 14.5. The molecule has 0 spiro atoms. The summed E-state index contributed by atoms with van der Waals surface area (Å²) in [5.74, 6) is -1.57. The number of alkyl halides is 2. The summed E-state index contributed by atoms with van der Waals surface area (Å²) in [5, 5.41) is 0. The van der Waals surface area contributed by atoms with Crippen LogP contribution in [0.1, 0.15) is 38.8 Å². The minimum atomic E-state index is -3.47. The minimum Gasteiger partial charge on any atom is -0.386 e. The van der Waals surface area contributed by atoms with Gasteiger partial charge in [-0.15, -0.1) is 0 Å². The number of benzene rings is 1. The zero-order valence-electron chi connectivity index (χ0n) is 15.2. The summed E-state index contributed by atoms with van der Waals surface area (Å²) in [4.78, 5) is 15.9. The molecule has 144 valence electrons. The molecule has 0 amide bonds. The van der Waals surface area contributed by atoms with E-state index in [2.05, 4.69) is 10.9 Å². The van der Waals surface area contributed by atoms with Crippen LogP contribution in [0.25, 0.3) is 0 Å². The monoisotopic (exact) mass is 388 g/mol. The number of Topliss-reactive ketones (excluding diaryl/α,β-unsaturated/α-hetero) is 1. The van der Waals surface area contributed by atoms with Crippen LogP contribution in [0.2, 0.25) is 0 Å². The second-order valence-electron chi connectivity index (χ2n) is 7.54. The second kappa shape index (κ2) is 6.11. The lowest BCUT2D eigenvalue weighted by Gasteiger charge is -2.41. The maximum Gasteiger partial charge on any atom is 0.302 e. The molecule has 0 bridgehead atoms. The third-order valence-corrected chi connectivity index (χ3v) is 7.99. The summed E-state index contributed by atoms with van der Waals surface area (Å²) in [6.07, 6.45) is -0.544. The molecule has 26 heavy (non-hydrogen) atoms. The summed E-state index contributed by atoms with van der Waals surface area (Å²) >= 11 is 0. The van der Waals surface area contributed by atoms with Gasteiger partial charge in [0.05, 0.1) is 10.3 Å². The van der Waals surface area contributed by atoms with E-state index in [0.29, 0.717) is 6.92 Å². The summed E-state index contributed by atoms with van der Waals surface area (Å²) in [7, 11) is -2.75. The number of amidine groups is 1. The zero-order valence-corrected chi connectivity index (χ0v) is 16.1. The summed E-state index contributed by atoms with van der Waals surface area (Å²) in [5.41, 5.74) is 4.99. The van der Waals surface area contributed by atoms with Crippen molar-refractivity contribution in [3.63, 3.8) is 0 Å². The number of rotatable bonds is 4. The van der Waals surface area contributed by atoms with Crippen LogP contribution in [-0.4, -0.2) is 38.1 Å². The number of aliphatic imine (C=N–C) groups is 1. The van der Waals surface area contributed by atoms with E-state index in [1.54, 1.807) is 20.8 Å². The molecule has 0 fully saturated rings. The normalized spacial score (nSPS) is 28.5. The van der Waals surface area contributed by atoms with Crippen LogP contribution in [0, 0.1) is 5.82 Å². The molecule has 0 saturated heterocycles. The predicted molar refractivity (Wildman–Crippen MR) is 98.9 cm³/mol. The van der Waals surface area contributed by atoms with Crippen molar-refractivity contribution in [3.05, 3.63) is 35.1 Å². The Morgan fingerprint density at radius 2 is 1.96 bits per heavy atom.